The van der Waals surface area contributed by atoms with Gasteiger partial charge in [-0.15, -0.1) is 0 Å². The van der Waals surface area contributed by atoms with Gasteiger partial charge in [0.1, 0.15) is 60.7 Å². The molecule has 4 aliphatic heterocycles. The van der Waals surface area contributed by atoms with Gasteiger partial charge in [-0.05, 0) is 69.2 Å². The third kappa shape index (κ3) is 9.74. The zero-order valence-electron chi connectivity index (χ0n) is 31.8. The summed E-state index contributed by atoms with van der Waals surface area (Å²) in [6, 6.07) is 1.99. The summed E-state index contributed by atoms with van der Waals surface area (Å²) in [5.74, 6) is -7.13. The first kappa shape index (κ1) is 41.2. The number of hydrogen-bond donors (Lipinski definition) is 3. The fourth-order valence-corrected chi connectivity index (χ4v) is 8.04. The number of piperidine rings is 1. The topological polar surface area (TPSA) is 175 Å². The number of carbonyl (C=O) groups excluding carboxylic acids is 7. The Bertz CT molecular complexity index is 1880. The van der Waals surface area contributed by atoms with E-state index in [0.29, 0.717) is 37.3 Å². The summed E-state index contributed by atoms with van der Waals surface area (Å²) in [5.41, 5.74) is 1.60. The molecular weight excluding hydrogens is 749 g/mol. The maximum absolute atomic E-state index is 14.8. The van der Waals surface area contributed by atoms with Crippen molar-refractivity contribution in [2.45, 2.75) is 108 Å². The molecule has 0 bridgehead atoms. The van der Waals surface area contributed by atoms with Crippen LogP contribution < -0.4 is 16.0 Å². The number of nitrogens with zero attached hydrogens (tertiary/aromatic N) is 3. The van der Waals surface area contributed by atoms with E-state index in [4.69, 9.17) is 4.74 Å². The van der Waals surface area contributed by atoms with Crippen LogP contribution in [0.2, 0.25) is 0 Å². The number of amides is 6. The molecule has 6 amide bonds. The minimum absolute atomic E-state index is 0.0188. The van der Waals surface area contributed by atoms with Gasteiger partial charge >= 0.3 is 5.97 Å². The van der Waals surface area contributed by atoms with E-state index < -0.39 is 121 Å². The molecule has 2 aromatic carbocycles. The third-order valence-electron chi connectivity index (χ3n) is 10.9. The van der Waals surface area contributed by atoms with E-state index in [2.05, 4.69) is 16.0 Å². The highest BCUT2D eigenvalue weighted by Crippen LogP contribution is 2.27. The van der Waals surface area contributed by atoms with Crippen LogP contribution >= 0.6 is 0 Å². The standard InChI is InChI=1S/C40H47F3N6O8/c1-22-8-10-24(11-9-22)17-34(50)45-29(16-25-14-26(41)18-27(42)15-25)35(51)46-30-21-57-40(56)33-19-28(43)20-49(33)37(53)23(2)44-36(52)31-6-3-4-12-47(31)39(55)32-7-5-13-48(32)38(30)54/h8-11,14-15,18,23,28-33H,3-7,12-13,16-17,19-21H2,1-2H3,(H,44,52)(H,45,50)(H,46,51)/t23-,28+,29-,30-,31?,32?,33?/m0/s1. The van der Waals surface area contributed by atoms with E-state index in [0.717, 1.165) is 22.6 Å². The highest BCUT2D eigenvalue weighted by molar-refractivity contribution is 5.98. The molecule has 0 spiro atoms. The molecule has 6 rings (SSSR count). The van der Waals surface area contributed by atoms with Crippen LogP contribution in [0.25, 0.3) is 0 Å². The molecule has 2 aromatic rings. The van der Waals surface area contributed by atoms with E-state index in [9.17, 15) is 46.7 Å². The lowest BCUT2D eigenvalue weighted by Crippen LogP contribution is -2.62. The molecule has 0 saturated carbocycles. The Morgan fingerprint density at radius 3 is 2.23 bits per heavy atom. The maximum Gasteiger partial charge on any atom is 0.329 e. The summed E-state index contributed by atoms with van der Waals surface area (Å²) >= 11 is 0. The van der Waals surface area contributed by atoms with Crippen LogP contribution in [0.3, 0.4) is 0 Å². The van der Waals surface area contributed by atoms with Crippen LogP contribution in [-0.4, -0.2) is 125 Å². The van der Waals surface area contributed by atoms with Crippen molar-refractivity contribution in [2.75, 3.05) is 26.2 Å². The predicted molar refractivity (Wildman–Crippen MR) is 196 cm³/mol. The number of halogens is 3. The van der Waals surface area contributed by atoms with Gasteiger partial charge in [0.25, 0.3) is 0 Å². The summed E-state index contributed by atoms with van der Waals surface area (Å²) in [6.45, 7) is 2.34. The van der Waals surface area contributed by atoms with Crippen LogP contribution in [-0.2, 0) is 51.1 Å². The van der Waals surface area contributed by atoms with Crippen molar-refractivity contribution >= 4 is 41.4 Å². The number of fused-ring (bicyclic) bond motifs is 3. The average Bonchev–Trinajstić information content (AvgIpc) is 3.82. The molecule has 4 aliphatic rings. The number of rotatable bonds is 7. The first-order valence-corrected chi connectivity index (χ1v) is 19.3. The number of esters is 1. The Labute approximate surface area is 327 Å². The van der Waals surface area contributed by atoms with Crippen molar-refractivity contribution in [1.82, 2.24) is 30.7 Å². The van der Waals surface area contributed by atoms with Crippen LogP contribution in [0, 0.1) is 18.6 Å². The SMILES string of the molecule is Cc1ccc(CC(=O)N[C@@H](Cc2cc(F)cc(F)c2)C(=O)N[C@H]2COC(=O)C3C[C@@H](F)CN3C(=O)[C@H](C)NC(=O)C3CCCCN3C(=O)C3CCCN3C2=O)cc1. The van der Waals surface area contributed by atoms with Crippen molar-refractivity contribution in [2.24, 2.45) is 0 Å². The highest BCUT2D eigenvalue weighted by Gasteiger charge is 2.46. The van der Waals surface area contributed by atoms with E-state index >= 15 is 0 Å². The number of cyclic esters (lactones) is 1. The smallest absolute Gasteiger partial charge is 0.329 e. The normalized spacial score (nSPS) is 26.5. The van der Waals surface area contributed by atoms with Crippen LogP contribution in [0.4, 0.5) is 13.2 Å². The van der Waals surface area contributed by atoms with Gasteiger partial charge < -0.3 is 35.4 Å². The van der Waals surface area contributed by atoms with Gasteiger partial charge in [-0.25, -0.2) is 18.0 Å². The molecule has 57 heavy (non-hydrogen) atoms. The lowest BCUT2D eigenvalue weighted by atomic mass is 9.99. The molecule has 306 valence electrons. The zero-order chi connectivity index (χ0) is 41.0. The van der Waals surface area contributed by atoms with Crippen molar-refractivity contribution in [3.8, 4) is 0 Å². The molecule has 4 heterocycles. The predicted octanol–water partition coefficient (Wildman–Crippen LogP) is 1.40. The summed E-state index contributed by atoms with van der Waals surface area (Å²) in [4.78, 5) is 100. The van der Waals surface area contributed by atoms with Crippen molar-refractivity contribution < 1.29 is 51.5 Å². The fourth-order valence-electron chi connectivity index (χ4n) is 8.04. The molecule has 7 atom stereocenters. The van der Waals surface area contributed by atoms with Gasteiger partial charge in [-0.1, -0.05) is 29.8 Å². The van der Waals surface area contributed by atoms with Gasteiger partial charge in [0, 0.05) is 32.0 Å². The van der Waals surface area contributed by atoms with Crippen molar-refractivity contribution in [3.63, 3.8) is 0 Å². The van der Waals surface area contributed by atoms with Crippen molar-refractivity contribution in [1.29, 1.82) is 0 Å². The van der Waals surface area contributed by atoms with Crippen LogP contribution in [0.5, 0.6) is 0 Å². The maximum atomic E-state index is 14.8. The van der Waals surface area contributed by atoms with E-state index in [1.165, 1.54) is 16.7 Å². The van der Waals surface area contributed by atoms with Gasteiger partial charge in [0.15, 0.2) is 0 Å². The molecule has 4 fully saturated rings. The highest BCUT2D eigenvalue weighted by atomic mass is 19.1. The number of ether oxygens (including phenoxy) is 1. The van der Waals surface area contributed by atoms with Crippen LogP contribution in [0.1, 0.15) is 62.1 Å². The van der Waals surface area contributed by atoms with Gasteiger partial charge in [0.2, 0.25) is 35.4 Å². The Morgan fingerprint density at radius 1 is 0.842 bits per heavy atom. The molecule has 3 unspecified atom stereocenters. The van der Waals surface area contributed by atoms with Gasteiger partial charge in [-0.3, -0.25) is 28.8 Å². The molecule has 0 radical (unpaired) electrons. The number of carbonyl (C=O) groups is 7. The summed E-state index contributed by atoms with van der Waals surface area (Å²) < 4.78 is 48.9. The second-order valence-corrected chi connectivity index (χ2v) is 15.3. The Kier molecular flexibility index (Phi) is 12.8. The molecule has 14 nitrogen and oxygen atoms in total. The number of benzene rings is 2. The monoisotopic (exact) mass is 796 g/mol. The Balaban J connectivity index is 1.31. The zero-order valence-corrected chi connectivity index (χ0v) is 31.8. The van der Waals surface area contributed by atoms with E-state index in [1.54, 1.807) is 24.3 Å². The van der Waals surface area contributed by atoms with E-state index in [-0.39, 0.29) is 31.5 Å². The van der Waals surface area contributed by atoms with Gasteiger partial charge in [0.05, 0.1) is 13.0 Å². The number of hydrogen-bond acceptors (Lipinski definition) is 8. The van der Waals surface area contributed by atoms with Crippen LogP contribution in [0.15, 0.2) is 42.5 Å². The Morgan fingerprint density at radius 2 is 1.51 bits per heavy atom. The largest absolute Gasteiger partial charge is 0.461 e. The number of alkyl halides is 1. The number of aryl methyl sites for hydroxylation is 1. The van der Waals surface area contributed by atoms with Crippen molar-refractivity contribution in [3.05, 3.63) is 70.8 Å². The summed E-state index contributed by atoms with van der Waals surface area (Å²) in [7, 11) is 0. The lowest BCUT2D eigenvalue weighted by Gasteiger charge is -2.39. The Hall–Kier alpha value is -5.48. The minimum atomic E-state index is -1.66. The second-order valence-electron chi connectivity index (χ2n) is 15.3. The first-order chi connectivity index (χ1) is 27.2. The number of nitrogens with one attached hydrogen (secondary N) is 3. The molecule has 3 N–H and O–H groups in total. The molecule has 4 saturated heterocycles. The molecule has 17 heteroatoms. The second kappa shape index (κ2) is 17.8. The first-order valence-electron chi connectivity index (χ1n) is 19.3. The molecule has 0 aliphatic carbocycles. The quantitative estimate of drug-likeness (QED) is 0.353. The lowest BCUT2D eigenvalue weighted by molar-refractivity contribution is -0.158. The minimum Gasteiger partial charge on any atom is -0.461 e. The molecular formula is C40H47F3N6O8. The fraction of sp³-hybridized carbons (Fsp3) is 0.525. The third-order valence-corrected chi connectivity index (χ3v) is 10.9. The summed E-state index contributed by atoms with van der Waals surface area (Å²) in [5, 5.41) is 7.77. The van der Waals surface area contributed by atoms with Gasteiger partial charge in [-0.2, -0.15) is 0 Å². The van der Waals surface area contributed by atoms with E-state index in [1.807, 2.05) is 6.92 Å². The summed E-state index contributed by atoms with van der Waals surface area (Å²) in [6.07, 6.45) is -0.400. The molecule has 0 aromatic heterocycles. The average molecular weight is 797 g/mol.